The van der Waals surface area contributed by atoms with E-state index >= 15 is 0 Å². The highest BCUT2D eigenvalue weighted by molar-refractivity contribution is 6.13. The summed E-state index contributed by atoms with van der Waals surface area (Å²) < 4.78 is 6.52. The zero-order valence-corrected chi connectivity index (χ0v) is 32.0. The number of nitrogens with zero attached hydrogens (tertiary/aromatic N) is 3. The highest BCUT2D eigenvalue weighted by atomic mass is 16.3. The molecule has 11 aromatic rings. The smallest absolute Gasteiger partial charge is 0.164 e. The molecular weight excluding hydrogens is 719 g/mol. The van der Waals surface area contributed by atoms with Crippen LogP contribution in [0, 0.1) is 0 Å². The molecular formula is C55H35N3O. The average molecular weight is 754 g/mol. The van der Waals surface area contributed by atoms with Crippen molar-refractivity contribution in [2.24, 2.45) is 0 Å². The van der Waals surface area contributed by atoms with Crippen molar-refractivity contribution in [3.05, 3.63) is 212 Å². The molecule has 0 saturated carbocycles. The first-order chi connectivity index (χ1) is 29.2. The van der Waals surface area contributed by atoms with Gasteiger partial charge in [0.05, 0.1) is 0 Å². The van der Waals surface area contributed by atoms with Gasteiger partial charge in [0.1, 0.15) is 11.2 Å². The van der Waals surface area contributed by atoms with Gasteiger partial charge < -0.3 is 4.42 Å². The van der Waals surface area contributed by atoms with Crippen LogP contribution < -0.4 is 0 Å². The number of aromatic nitrogens is 3. The van der Waals surface area contributed by atoms with Crippen LogP contribution >= 0.6 is 0 Å². The van der Waals surface area contributed by atoms with Gasteiger partial charge in [-0.3, -0.25) is 0 Å². The van der Waals surface area contributed by atoms with Gasteiger partial charge in [-0.25, -0.2) is 15.0 Å². The molecule has 0 amide bonds. The second-order valence-electron chi connectivity index (χ2n) is 14.8. The highest BCUT2D eigenvalue weighted by Gasteiger charge is 2.17. The first-order valence-corrected chi connectivity index (χ1v) is 19.8. The minimum absolute atomic E-state index is 0.576. The van der Waals surface area contributed by atoms with Crippen molar-refractivity contribution in [1.82, 2.24) is 15.0 Å². The van der Waals surface area contributed by atoms with Crippen LogP contribution in [0.4, 0.5) is 0 Å². The number of fused-ring (bicyclic) bond motifs is 4. The monoisotopic (exact) mass is 753 g/mol. The minimum Gasteiger partial charge on any atom is -0.456 e. The fraction of sp³-hybridized carbons (Fsp3) is 0. The zero-order chi connectivity index (χ0) is 39.1. The number of hydrogen-bond donors (Lipinski definition) is 0. The van der Waals surface area contributed by atoms with Gasteiger partial charge >= 0.3 is 0 Å². The summed E-state index contributed by atoms with van der Waals surface area (Å²) in [6.45, 7) is 0. The number of hydrogen-bond acceptors (Lipinski definition) is 4. The third-order valence-corrected chi connectivity index (χ3v) is 11.1. The van der Waals surface area contributed by atoms with Crippen LogP contribution in [-0.2, 0) is 0 Å². The van der Waals surface area contributed by atoms with Crippen molar-refractivity contribution in [3.8, 4) is 78.7 Å². The van der Waals surface area contributed by atoms with E-state index < -0.39 is 0 Å². The van der Waals surface area contributed by atoms with E-state index in [1.165, 1.54) is 21.9 Å². The molecule has 0 N–H and O–H groups in total. The van der Waals surface area contributed by atoms with E-state index in [-0.39, 0.29) is 0 Å². The maximum Gasteiger partial charge on any atom is 0.164 e. The van der Waals surface area contributed by atoms with Crippen molar-refractivity contribution < 1.29 is 4.42 Å². The Bertz CT molecular complexity index is 3300. The van der Waals surface area contributed by atoms with Crippen molar-refractivity contribution in [2.45, 2.75) is 0 Å². The molecule has 0 fully saturated rings. The fourth-order valence-corrected chi connectivity index (χ4v) is 8.09. The Hall–Kier alpha value is -7.95. The van der Waals surface area contributed by atoms with Gasteiger partial charge in [-0.05, 0) is 85.6 Å². The minimum atomic E-state index is 0.576. The number of furan rings is 1. The predicted octanol–water partition coefficient (Wildman–Crippen LogP) is 14.6. The Morgan fingerprint density at radius 2 is 0.746 bits per heavy atom. The molecule has 0 aliphatic rings. The summed E-state index contributed by atoms with van der Waals surface area (Å²) >= 11 is 0. The lowest BCUT2D eigenvalue weighted by atomic mass is 9.99. The Morgan fingerprint density at radius 1 is 0.271 bits per heavy atom. The molecule has 0 atom stereocenters. The van der Waals surface area contributed by atoms with Crippen LogP contribution in [0.25, 0.3) is 111 Å². The third-order valence-electron chi connectivity index (χ3n) is 11.1. The van der Waals surface area contributed by atoms with E-state index in [0.29, 0.717) is 17.5 Å². The van der Waals surface area contributed by atoms with Gasteiger partial charge in [-0.15, -0.1) is 0 Å². The number of benzene rings is 9. The summed E-state index contributed by atoms with van der Waals surface area (Å²) in [6.07, 6.45) is 0. The molecule has 276 valence electrons. The van der Waals surface area contributed by atoms with Crippen LogP contribution in [-0.4, -0.2) is 15.0 Å². The fourth-order valence-electron chi connectivity index (χ4n) is 8.09. The van der Waals surface area contributed by atoms with Gasteiger partial charge in [-0.1, -0.05) is 182 Å². The molecule has 0 spiro atoms. The molecule has 2 heterocycles. The van der Waals surface area contributed by atoms with Crippen LogP contribution in [0.5, 0.6) is 0 Å². The molecule has 59 heavy (non-hydrogen) atoms. The van der Waals surface area contributed by atoms with Crippen molar-refractivity contribution in [3.63, 3.8) is 0 Å². The topological polar surface area (TPSA) is 51.8 Å². The van der Waals surface area contributed by atoms with E-state index in [4.69, 9.17) is 19.4 Å². The Balaban J connectivity index is 1.01. The summed E-state index contributed by atoms with van der Waals surface area (Å²) in [6, 6.07) is 74.1. The molecule has 11 rings (SSSR count). The van der Waals surface area contributed by atoms with Crippen molar-refractivity contribution in [2.75, 3.05) is 0 Å². The quantitative estimate of drug-likeness (QED) is 0.163. The summed E-state index contributed by atoms with van der Waals surface area (Å²) in [5, 5.41) is 4.59. The Labute approximate surface area is 341 Å². The van der Waals surface area contributed by atoms with Gasteiger partial charge in [-0.2, -0.15) is 0 Å². The maximum absolute atomic E-state index is 6.52. The van der Waals surface area contributed by atoms with Crippen molar-refractivity contribution >= 4 is 32.7 Å². The summed E-state index contributed by atoms with van der Waals surface area (Å²) in [7, 11) is 0. The first kappa shape index (κ1) is 34.3. The van der Waals surface area contributed by atoms with Crippen LogP contribution in [0.2, 0.25) is 0 Å². The van der Waals surface area contributed by atoms with E-state index in [1.54, 1.807) is 0 Å². The molecule has 4 heteroatoms. The maximum atomic E-state index is 6.52. The first-order valence-electron chi connectivity index (χ1n) is 19.8. The van der Waals surface area contributed by atoms with E-state index in [0.717, 1.165) is 72.0 Å². The summed E-state index contributed by atoms with van der Waals surface area (Å²) in [5.74, 6) is 1.78. The summed E-state index contributed by atoms with van der Waals surface area (Å²) in [5.41, 5.74) is 13.5. The standard InChI is InChI=1S/C55H35N3O/c1-3-11-36(12-4-1)38-21-23-39(24-22-38)44-17-9-18-46(34-44)54-56-53(42-28-25-40(26-29-42)45-30-27-37-13-7-8-16-43(37)33-45)57-55(58-54)47-31-32-49-51(35-47)59-50-20-10-19-48(52(49)50)41-14-5-2-6-15-41/h1-35H. The average Bonchev–Trinajstić information content (AvgIpc) is 3.70. The molecule has 0 unspecified atom stereocenters. The normalized spacial score (nSPS) is 11.4. The predicted molar refractivity (Wildman–Crippen MR) is 243 cm³/mol. The van der Waals surface area contributed by atoms with E-state index in [1.807, 2.05) is 18.2 Å². The van der Waals surface area contributed by atoms with Gasteiger partial charge in [0.15, 0.2) is 17.5 Å². The van der Waals surface area contributed by atoms with Crippen LogP contribution in [0.1, 0.15) is 0 Å². The molecule has 2 aromatic heterocycles. The van der Waals surface area contributed by atoms with Gasteiger partial charge in [0, 0.05) is 27.5 Å². The van der Waals surface area contributed by atoms with Gasteiger partial charge in [0.25, 0.3) is 0 Å². The molecule has 0 saturated heterocycles. The Kier molecular flexibility index (Phi) is 8.45. The molecule has 0 aliphatic heterocycles. The largest absolute Gasteiger partial charge is 0.456 e. The van der Waals surface area contributed by atoms with Crippen LogP contribution in [0.3, 0.4) is 0 Å². The molecule has 0 aliphatic carbocycles. The Morgan fingerprint density at radius 3 is 1.46 bits per heavy atom. The van der Waals surface area contributed by atoms with Gasteiger partial charge in [0.2, 0.25) is 0 Å². The van der Waals surface area contributed by atoms with Crippen molar-refractivity contribution in [1.29, 1.82) is 0 Å². The lowest BCUT2D eigenvalue weighted by Gasteiger charge is -2.11. The highest BCUT2D eigenvalue weighted by Crippen LogP contribution is 2.39. The second kappa shape index (κ2) is 14.5. The molecule has 0 bridgehead atoms. The third kappa shape index (κ3) is 6.53. The second-order valence-corrected chi connectivity index (χ2v) is 14.8. The van der Waals surface area contributed by atoms with Crippen LogP contribution in [0.15, 0.2) is 217 Å². The lowest BCUT2D eigenvalue weighted by Crippen LogP contribution is -2.00. The lowest BCUT2D eigenvalue weighted by molar-refractivity contribution is 0.669. The van der Waals surface area contributed by atoms with E-state index in [2.05, 4.69) is 194 Å². The molecule has 9 aromatic carbocycles. The van der Waals surface area contributed by atoms with E-state index in [9.17, 15) is 0 Å². The number of rotatable bonds is 7. The molecule has 0 radical (unpaired) electrons. The molecule has 4 nitrogen and oxygen atoms in total. The summed E-state index contributed by atoms with van der Waals surface area (Å²) in [4.78, 5) is 15.4. The SMILES string of the molecule is c1ccc(-c2ccc(-c3cccc(-c4nc(-c5ccc(-c6ccc7ccccc7c6)cc5)nc(-c5ccc6c(c5)oc5cccc(-c7ccccc7)c56)n4)c3)cc2)cc1. The zero-order valence-electron chi connectivity index (χ0n) is 32.0.